The number of nitrogens with two attached hydrogens (primary N) is 1. The lowest BCUT2D eigenvalue weighted by atomic mass is 9.97. The van der Waals surface area contributed by atoms with Crippen molar-refractivity contribution in [2.24, 2.45) is 0 Å². The summed E-state index contributed by atoms with van der Waals surface area (Å²) in [6.45, 7) is 1.63. The highest BCUT2D eigenvalue weighted by Gasteiger charge is 2.22. The molecule has 0 amide bonds. The smallest absolute Gasteiger partial charge is 0.194 e. The molecule has 9 heteroatoms. The zero-order valence-corrected chi connectivity index (χ0v) is 10.5. The number of nitriles is 1. The molecule has 90 valence electrons. The van der Waals surface area contributed by atoms with E-state index in [0.717, 1.165) is 10.8 Å². The number of aromatic nitrogens is 3. The highest BCUT2D eigenvalue weighted by Crippen LogP contribution is 2.20. The molecule has 0 saturated carbocycles. The molecule has 2 aromatic heterocycles. The van der Waals surface area contributed by atoms with Crippen molar-refractivity contribution < 1.29 is 8.42 Å². The Morgan fingerprint density at radius 1 is 1.50 bits per heavy atom. The maximum Gasteiger partial charge on any atom is 0.194 e. The number of sulfone groups is 1. The van der Waals surface area contributed by atoms with Crippen LogP contribution in [0.4, 0.5) is 5.82 Å². The van der Waals surface area contributed by atoms with Gasteiger partial charge in [0.25, 0.3) is 0 Å². The fraction of sp³-hybridized carbons (Fsp3) is 0.222. The van der Waals surface area contributed by atoms with Gasteiger partial charge in [0.15, 0.2) is 20.5 Å². The van der Waals surface area contributed by atoms with Crippen LogP contribution in [0.15, 0.2) is 5.03 Å². The van der Waals surface area contributed by atoms with Gasteiger partial charge in [-0.05, 0) is 12.4 Å². The third kappa shape index (κ3) is 1.62. The van der Waals surface area contributed by atoms with E-state index in [1.807, 2.05) is 0 Å². The molecule has 2 aromatic rings. The molecule has 0 atom stereocenters. The first-order chi connectivity index (χ1) is 8.27. The van der Waals surface area contributed by atoms with Crippen LogP contribution >= 0.6 is 0 Å². The minimum Gasteiger partial charge on any atom is -0.382 e. The topological polar surface area (TPSA) is 114 Å². The summed E-state index contributed by atoms with van der Waals surface area (Å²) in [4.78, 5) is 3.88. The van der Waals surface area contributed by atoms with Gasteiger partial charge in [0, 0.05) is 6.26 Å². The van der Waals surface area contributed by atoms with E-state index in [9.17, 15) is 8.42 Å². The van der Waals surface area contributed by atoms with E-state index >= 15 is 0 Å². The van der Waals surface area contributed by atoms with E-state index in [1.165, 1.54) is 0 Å². The maximum absolute atomic E-state index is 11.6. The molecule has 0 spiro atoms. The first-order valence-corrected chi connectivity index (χ1v) is 6.71. The van der Waals surface area contributed by atoms with Crippen LogP contribution in [0.25, 0.3) is 5.65 Å². The lowest BCUT2D eigenvalue weighted by Crippen LogP contribution is -2.14. The largest absolute Gasteiger partial charge is 0.382 e. The van der Waals surface area contributed by atoms with Gasteiger partial charge in [-0.3, -0.25) is 0 Å². The summed E-state index contributed by atoms with van der Waals surface area (Å²) >= 11 is 0. The van der Waals surface area contributed by atoms with E-state index < -0.39 is 9.84 Å². The molecule has 0 aliphatic heterocycles. The Morgan fingerprint density at radius 2 is 2.11 bits per heavy atom. The average Bonchev–Trinajstić information content (AvgIpc) is 2.55. The highest BCUT2D eigenvalue weighted by molar-refractivity contribution is 7.90. The average molecular weight is 261 g/mol. The number of anilines is 1. The second kappa shape index (κ2) is 3.71. The predicted molar refractivity (Wildman–Crippen MR) is 65.3 cm³/mol. The molecule has 7 nitrogen and oxygen atoms in total. The molecule has 2 heterocycles. The molecule has 0 aromatic carbocycles. The van der Waals surface area contributed by atoms with Gasteiger partial charge in [0.2, 0.25) is 0 Å². The summed E-state index contributed by atoms with van der Waals surface area (Å²) in [5.41, 5.74) is 6.32. The van der Waals surface area contributed by atoms with E-state index in [1.54, 1.807) is 13.0 Å². The van der Waals surface area contributed by atoms with Crippen LogP contribution < -0.4 is 11.2 Å². The second-order valence-electron chi connectivity index (χ2n) is 3.80. The first kappa shape index (κ1) is 12.4. The van der Waals surface area contributed by atoms with Gasteiger partial charge in [-0.2, -0.15) is 14.9 Å². The van der Waals surface area contributed by atoms with Crippen LogP contribution in [0.2, 0.25) is 0 Å². The number of hydrogen-bond donors (Lipinski definition) is 1. The number of rotatable bonds is 1. The minimum absolute atomic E-state index is 0.0947. The van der Waals surface area contributed by atoms with E-state index in [-0.39, 0.29) is 27.5 Å². The van der Waals surface area contributed by atoms with E-state index in [0.29, 0.717) is 5.69 Å². The highest BCUT2D eigenvalue weighted by atomic mass is 32.2. The van der Waals surface area contributed by atoms with Crippen LogP contribution in [0, 0.1) is 18.3 Å². The molecule has 2 rings (SSSR count). The summed E-state index contributed by atoms with van der Waals surface area (Å²) < 4.78 is 24.3. The molecule has 0 aliphatic carbocycles. The summed E-state index contributed by atoms with van der Waals surface area (Å²) in [6, 6.07) is 1.72. The maximum atomic E-state index is 11.6. The Kier molecular flexibility index (Phi) is 2.55. The minimum atomic E-state index is -3.68. The summed E-state index contributed by atoms with van der Waals surface area (Å²) in [5, 5.41) is 12.6. The van der Waals surface area contributed by atoms with Crippen molar-refractivity contribution >= 4 is 34.6 Å². The van der Waals surface area contributed by atoms with Gasteiger partial charge in [0.1, 0.15) is 25.3 Å². The summed E-state index contributed by atoms with van der Waals surface area (Å²) in [5.74, 6) is -0.0947. The fourth-order valence-corrected chi connectivity index (χ4v) is 2.32. The molecule has 0 aliphatic rings. The van der Waals surface area contributed by atoms with E-state index in [2.05, 4.69) is 10.1 Å². The molecule has 0 unspecified atom stereocenters. The third-order valence-corrected chi connectivity index (χ3v) is 3.45. The van der Waals surface area contributed by atoms with Crippen molar-refractivity contribution in [2.45, 2.75) is 11.9 Å². The Hall–Kier alpha value is -2.08. The predicted octanol–water partition coefficient (Wildman–Crippen LogP) is -1.31. The molecule has 0 fully saturated rings. The summed E-state index contributed by atoms with van der Waals surface area (Å²) in [7, 11) is 2.05. The van der Waals surface area contributed by atoms with Crippen LogP contribution in [0.3, 0.4) is 0 Å². The molecule has 2 N–H and O–H groups in total. The van der Waals surface area contributed by atoms with Crippen molar-refractivity contribution in [1.29, 1.82) is 5.26 Å². The molecule has 0 saturated heterocycles. The molecular formula is C9H8BN5O2S. The van der Waals surface area contributed by atoms with Crippen LogP contribution in [0.5, 0.6) is 0 Å². The van der Waals surface area contributed by atoms with Crippen molar-refractivity contribution in [3.63, 3.8) is 0 Å². The third-order valence-electron chi connectivity index (χ3n) is 2.45. The monoisotopic (exact) mass is 261 g/mol. The first-order valence-electron chi connectivity index (χ1n) is 4.81. The van der Waals surface area contributed by atoms with Gasteiger partial charge in [-0.25, -0.2) is 13.4 Å². The lowest BCUT2D eigenvalue weighted by Gasteiger charge is -2.06. The Morgan fingerprint density at radius 3 is 2.61 bits per heavy atom. The zero-order valence-electron chi connectivity index (χ0n) is 9.67. The lowest BCUT2D eigenvalue weighted by molar-refractivity contribution is 0.598. The molecular weight excluding hydrogens is 253 g/mol. The van der Waals surface area contributed by atoms with Gasteiger partial charge in [-0.1, -0.05) is 0 Å². The van der Waals surface area contributed by atoms with Crippen molar-refractivity contribution in [2.75, 3.05) is 12.0 Å². The molecule has 0 bridgehead atoms. The van der Waals surface area contributed by atoms with E-state index in [4.69, 9.17) is 18.8 Å². The number of nitrogen functional groups attached to an aromatic ring is 1. The number of aryl methyl sites for hydroxylation is 1. The van der Waals surface area contributed by atoms with Crippen molar-refractivity contribution in [3.8, 4) is 6.07 Å². The zero-order chi connectivity index (χ0) is 13.7. The van der Waals surface area contributed by atoms with Crippen LogP contribution in [-0.4, -0.2) is 37.1 Å². The van der Waals surface area contributed by atoms with Gasteiger partial charge in [-0.15, -0.1) is 0 Å². The normalized spacial score (nSPS) is 11.6. The summed E-state index contributed by atoms with van der Waals surface area (Å²) in [6.07, 6.45) is 0.950. The Labute approximate surface area is 105 Å². The van der Waals surface area contributed by atoms with Crippen LogP contribution in [-0.2, 0) is 9.84 Å². The van der Waals surface area contributed by atoms with Crippen molar-refractivity contribution in [3.05, 3.63) is 11.3 Å². The number of nitrogens with zero attached hydrogens (tertiary/aromatic N) is 4. The van der Waals surface area contributed by atoms with Crippen LogP contribution in [0.1, 0.15) is 11.3 Å². The van der Waals surface area contributed by atoms with Crippen molar-refractivity contribution in [1.82, 2.24) is 14.6 Å². The standard InChI is InChI=1S/C9H8BN5O2S/c1-4-6(10)8-13-9(18(2,16)17)5(3-11)7(12)15(8)14-4/h12H2,1-2H3. The SMILES string of the molecule is [B]c1c(C)nn2c(N)c(C#N)c(S(C)(=O)=O)nc12. The van der Waals surface area contributed by atoms with Gasteiger partial charge >= 0.3 is 0 Å². The van der Waals surface area contributed by atoms with Gasteiger partial charge < -0.3 is 5.73 Å². The molecule has 2 radical (unpaired) electrons. The second-order valence-corrected chi connectivity index (χ2v) is 5.73. The Balaban J connectivity index is 3.07. The number of fused-ring (bicyclic) bond motifs is 1. The quantitative estimate of drug-likeness (QED) is 0.503. The van der Waals surface area contributed by atoms with Gasteiger partial charge in [0.05, 0.1) is 5.69 Å². The molecule has 18 heavy (non-hydrogen) atoms. The number of hydrogen-bond acceptors (Lipinski definition) is 6. The Bertz CT molecular complexity index is 803. The fourth-order valence-electron chi connectivity index (χ4n) is 1.54.